The Bertz CT molecular complexity index is 505. The van der Waals surface area contributed by atoms with Gasteiger partial charge in [0.15, 0.2) is 11.5 Å². The summed E-state index contributed by atoms with van der Waals surface area (Å²) in [5.41, 5.74) is 1.05. The summed E-state index contributed by atoms with van der Waals surface area (Å²) in [5.74, 6) is -0.775. The minimum atomic E-state index is -0.895. The third-order valence-electron chi connectivity index (χ3n) is 2.87. The predicted molar refractivity (Wildman–Crippen MR) is 74.6 cm³/mol. The summed E-state index contributed by atoms with van der Waals surface area (Å²) in [4.78, 5) is 23.8. The van der Waals surface area contributed by atoms with E-state index >= 15 is 0 Å². The Kier molecular flexibility index (Phi) is 5.55. The molecule has 0 aromatic heterocycles. The topological polar surface area (TPSA) is 61.8 Å². The average molecular weight is 280 g/mol. The first kappa shape index (κ1) is 16.0. The Balaban J connectivity index is 3.38. The van der Waals surface area contributed by atoms with Gasteiger partial charge in [-0.3, -0.25) is 4.79 Å². The lowest BCUT2D eigenvalue weighted by atomic mass is 9.97. The molecule has 1 rings (SSSR count). The number of methoxy groups -OCH3 is 2. The minimum absolute atomic E-state index is 0.147. The first-order valence-corrected chi connectivity index (χ1v) is 6.43. The first-order valence-electron chi connectivity index (χ1n) is 6.43. The smallest absolute Gasteiger partial charge is 0.379 e. The molecular weight excluding hydrogens is 260 g/mol. The molecule has 5 heteroatoms. The van der Waals surface area contributed by atoms with Gasteiger partial charge in [0.05, 0.1) is 26.4 Å². The first-order chi connectivity index (χ1) is 9.46. The zero-order chi connectivity index (χ0) is 15.3. The fourth-order valence-electron chi connectivity index (χ4n) is 1.79. The van der Waals surface area contributed by atoms with Crippen LogP contribution >= 0.6 is 0 Å². The quantitative estimate of drug-likeness (QED) is 0.455. The Morgan fingerprint density at radius 1 is 1.15 bits per heavy atom. The average Bonchev–Trinajstić information content (AvgIpc) is 2.44. The fourth-order valence-corrected chi connectivity index (χ4v) is 1.79. The molecule has 0 radical (unpaired) electrons. The highest BCUT2D eigenvalue weighted by molar-refractivity contribution is 6.41. The van der Waals surface area contributed by atoms with E-state index in [1.807, 2.05) is 13.8 Å². The van der Waals surface area contributed by atoms with Gasteiger partial charge in [0.2, 0.25) is 0 Å². The van der Waals surface area contributed by atoms with Crippen molar-refractivity contribution in [1.82, 2.24) is 0 Å². The van der Waals surface area contributed by atoms with Crippen molar-refractivity contribution in [3.05, 3.63) is 23.3 Å². The van der Waals surface area contributed by atoms with Crippen LogP contribution in [0.15, 0.2) is 12.1 Å². The summed E-state index contributed by atoms with van der Waals surface area (Å²) >= 11 is 0. The number of Topliss-reactive ketones (excluding diaryl/α,β-unsaturated/α-hetero) is 1. The van der Waals surface area contributed by atoms with E-state index in [0.717, 1.165) is 5.56 Å². The van der Waals surface area contributed by atoms with Gasteiger partial charge >= 0.3 is 5.97 Å². The molecule has 0 saturated carbocycles. The van der Waals surface area contributed by atoms with Gasteiger partial charge in [-0.25, -0.2) is 4.79 Å². The summed E-state index contributed by atoms with van der Waals surface area (Å²) in [6.07, 6.45) is 0. The molecule has 0 aliphatic heterocycles. The molecule has 0 N–H and O–H groups in total. The number of rotatable bonds is 6. The van der Waals surface area contributed by atoms with Gasteiger partial charge < -0.3 is 14.2 Å². The molecule has 0 amide bonds. The Morgan fingerprint density at radius 2 is 1.80 bits per heavy atom. The molecule has 0 heterocycles. The number of ether oxygens (including phenoxy) is 3. The number of ketones is 1. The monoisotopic (exact) mass is 280 g/mol. The minimum Gasteiger partial charge on any atom is -0.493 e. The molecule has 110 valence electrons. The van der Waals surface area contributed by atoms with Crippen molar-refractivity contribution in [3.8, 4) is 11.5 Å². The summed E-state index contributed by atoms with van der Waals surface area (Å²) in [6.45, 7) is 5.77. The highest BCUT2D eigenvalue weighted by atomic mass is 16.5. The lowest BCUT2D eigenvalue weighted by molar-refractivity contribution is -0.137. The number of carbonyl (C=O) groups excluding carboxylic acids is 2. The maximum atomic E-state index is 12.1. The van der Waals surface area contributed by atoms with Crippen LogP contribution in [0.25, 0.3) is 0 Å². The van der Waals surface area contributed by atoms with Gasteiger partial charge in [0.1, 0.15) is 0 Å². The zero-order valence-electron chi connectivity index (χ0n) is 12.5. The summed E-state index contributed by atoms with van der Waals surface area (Å²) in [5, 5.41) is 0. The van der Waals surface area contributed by atoms with Crippen molar-refractivity contribution in [2.24, 2.45) is 0 Å². The molecule has 0 aliphatic carbocycles. The standard InChI is InChI=1S/C15H20O5/c1-6-20-15(17)13(16)11-7-10(9(2)3)8-12(18-4)14(11)19-5/h7-9H,6H2,1-5H3. The van der Waals surface area contributed by atoms with Crippen molar-refractivity contribution >= 4 is 11.8 Å². The summed E-state index contributed by atoms with van der Waals surface area (Å²) in [6, 6.07) is 3.44. The van der Waals surface area contributed by atoms with Crippen LogP contribution in [-0.4, -0.2) is 32.6 Å². The fraction of sp³-hybridized carbons (Fsp3) is 0.467. The number of hydrogen-bond donors (Lipinski definition) is 0. The molecule has 0 saturated heterocycles. The molecule has 0 fully saturated rings. The van der Waals surface area contributed by atoms with Gasteiger partial charge in [0.25, 0.3) is 5.78 Å². The maximum Gasteiger partial charge on any atom is 0.379 e. The van der Waals surface area contributed by atoms with Crippen LogP contribution in [0.5, 0.6) is 11.5 Å². The SMILES string of the molecule is CCOC(=O)C(=O)c1cc(C(C)C)cc(OC)c1OC. The highest BCUT2D eigenvalue weighted by Crippen LogP contribution is 2.35. The number of hydrogen-bond acceptors (Lipinski definition) is 5. The molecule has 20 heavy (non-hydrogen) atoms. The molecule has 0 aliphatic rings. The lowest BCUT2D eigenvalue weighted by Crippen LogP contribution is -2.19. The highest BCUT2D eigenvalue weighted by Gasteiger charge is 2.25. The number of carbonyl (C=O) groups is 2. The maximum absolute atomic E-state index is 12.1. The third-order valence-corrected chi connectivity index (χ3v) is 2.87. The summed E-state index contributed by atoms with van der Waals surface area (Å²) in [7, 11) is 2.91. The van der Waals surface area contributed by atoms with Gasteiger partial charge in [0, 0.05) is 0 Å². The van der Waals surface area contributed by atoms with Crippen LogP contribution in [0, 0.1) is 0 Å². The lowest BCUT2D eigenvalue weighted by Gasteiger charge is -2.15. The van der Waals surface area contributed by atoms with E-state index in [1.165, 1.54) is 14.2 Å². The number of esters is 1. The number of benzene rings is 1. The Morgan fingerprint density at radius 3 is 2.25 bits per heavy atom. The van der Waals surface area contributed by atoms with Gasteiger partial charge in [-0.05, 0) is 30.5 Å². The molecule has 0 spiro atoms. The van der Waals surface area contributed by atoms with Gasteiger partial charge in [-0.2, -0.15) is 0 Å². The van der Waals surface area contributed by atoms with Crippen molar-refractivity contribution < 1.29 is 23.8 Å². The molecule has 1 aromatic rings. The third kappa shape index (κ3) is 3.29. The predicted octanol–water partition coefficient (Wildman–Crippen LogP) is 2.57. The molecule has 1 aromatic carbocycles. The largest absolute Gasteiger partial charge is 0.493 e. The molecule has 0 atom stereocenters. The van der Waals surface area contributed by atoms with Gasteiger partial charge in [-0.15, -0.1) is 0 Å². The normalized spacial score (nSPS) is 10.3. The molecular formula is C15H20O5. The van der Waals surface area contributed by atoms with Crippen molar-refractivity contribution in [2.75, 3.05) is 20.8 Å². The van der Waals surface area contributed by atoms with Crippen LogP contribution in [-0.2, 0) is 9.53 Å². The van der Waals surface area contributed by atoms with Crippen LogP contribution < -0.4 is 9.47 Å². The van der Waals surface area contributed by atoms with Crippen LogP contribution in [0.1, 0.15) is 42.6 Å². The van der Waals surface area contributed by atoms with E-state index in [1.54, 1.807) is 19.1 Å². The van der Waals surface area contributed by atoms with E-state index < -0.39 is 11.8 Å². The van der Waals surface area contributed by atoms with E-state index in [9.17, 15) is 9.59 Å². The summed E-state index contributed by atoms with van der Waals surface area (Å²) < 4.78 is 15.2. The van der Waals surface area contributed by atoms with E-state index in [-0.39, 0.29) is 23.8 Å². The van der Waals surface area contributed by atoms with Crippen LogP contribution in [0.2, 0.25) is 0 Å². The van der Waals surface area contributed by atoms with E-state index in [0.29, 0.717) is 5.75 Å². The van der Waals surface area contributed by atoms with Crippen LogP contribution in [0.3, 0.4) is 0 Å². The molecule has 0 bridgehead atoms. The molecule has 0 unspecified atom stereocenters. The van der Waals surface area contributed by atoms with Crippen molar-refractivity contribution in [2.45, 2.75) is 26.7 Å². The Hall–Kier alpha value is -2.04. The van der Waals surface area contributed by atoms with Crippen molar-refractivity contribution in [3.63, 3.8) is 0 Å². The van der Waals surface area contributed by atoms with Crippen LogP contribution in [0.4, 0.5) is 0 Å². The van der Waals surface area contributed by atoms with E-state index in [4.69, 9.17) is 14.2 Å². The molecule has 5 nitrogen and oxygen atoms in total. The Labute approximate surface area is 118 Å². The zero-order valence-corrected chi connectivity index (χ0v) is 12.5. The van der Waals surface area contributed by atoms with Gasteiger partial charge in [-0.1, -0.05) is 13.8 Å². The second-order valence-corrected chi connectivity index (χ2v) is 4.51. The van der Waals surface area contributed by atoms with E-state index in [2.05, 4.69) is 0 Å². The second-order valence-electron chi connectivity index (χ2n) is 4.51. The second kappa shape index (κ2) is 6.93. The van der Waals surface area contributed by atoms with Crippen molar-refractivity contribution in [1.29, 1.82) is 0 Å².